The van der Waals surface area contributed by atoms with Crippen molar-refractivity contribution in [2.45, 2.75) is 0 Å². The van der Waals surface area contributed by atoms with Crippen LogP contribution in [0.5, 0.6) is 0 Å². The molecule has 10 rings (SSSR count). The number of rotatable bonds is 5. The van der Waals surface area contributed by atoms with Crippen LogP contribution in [-0.4, -0.2) is 0 Å². The molecular formula is C46H29NOS. The Bertz CT molecular complexity index is 2810. The van der Waals surface area contributed by atoms with E-state index in [4.69, 9.17) is 4.42 Å². The largest absolute Gasteiger partial charge is 0.456 e. The molecule has 0 saturated carbocycles. The minimum absolute atomic E-state index is 0.907. The SMILES string of the molecule is c1ccc(-c2ccc(N(c3ccc(-c4ccc5c(c4)oc4ccc6ccccc6c45)cc3)c3ccc4c(c3)sc3ccccc34)cc2)cc1. The summed E-state index contributed by atoms with van der Waals surface area (Å²) < 4.78 is 8.99. The number of hydrogen-bond acceptors (Lipinski definition) is 3. The molecule has 0 saturated heterocycles. The van der Waals surface area contributed by atoms with Gasteiger partial charge in [0.2, 0.25) is 0 Å². The van der Waals surface area contributed by atoms with Gasteiger partial charge in [-0.15, -0.1) is 11.3 Å². The van der Waals surface area contributed by atoms with Crippen molar-refractivity contribution in [3.8, 4) is 22.3 Å². The third-order valence-corrected chi connectivity index (χ3v) is 10.8. The lowest BCUT2D eigenvalue weighted by Gasteiger charge is -2.26. The topological polar surface area (TPSA) is 16.4 Å². The Morgan fingerprint density at radius 1 is 0.367 bits per heavy atom. The molecule has 3 heteroatoms. The van der Waals surface area contributed by atoms with E-state index in [0.717, 1.165) is 44.7 Å². The third kappa shape index (κ3) is 4.70. The van der Waals surface area contributed by atoms with Crippen molar-refractivity contribution in [1.82, 2.24) is 0 Å². The summed E-state index contributed by atoms with van der Waals surface area (Å²) >= 11 is 1.85. The molecule has 2 nitrogen and oxygen atoms in total. The highest BCUT2D eigenvalue weighted by atomic mass is 32.1. The molecule has 0 N–H and O–H groups in total. The second-order valence-electron chi connectivity index (χ2n) is 12.5. The van der Waals surface area contributed by atoms with Gasteiger partial charge in [-0.05, 0) is 93.7 Å². The first-order valence-corrected chi connectivity index (χ1v) is 17.4. The molecule has 49 heavy (non-hydrogen) atoms. The van der Waals surface area contributed by atoms with Gasteiger partial charge in [0.1, 0.15) is 11.2 Å². The van der Waals surface area contributed by atoms with Crippen molar-refractivity contribution in [3.63, 3.8) is 0 Å². The third-order valence-electron chi connectivity index (χ3n) is 9.67. The van der Waals surface area contributed by atoms with Gasteiger partial charge in [0, 0.05) is 48.0 Å². The maximum Gasteiger partial charge on any atom is 0.136 e. The highest BCUT2D eigenvalue weighted by Crippen LogP contribution is 2.42. The number of furan rings is 1. The summed E-state index contributed by atoms with van der Waals surface area (Å²) in [6, 6.07) is 63.2. The van der Waals surface area contributed by atoms with Crippen LogP contribution in [-0.2, 0) is 0 Å². The summed E-state index contributed by atoms with van der Waals surface area (Å²) in [5.41, 5.74) is 9.88. The first kappa shape index (κ1) is 27.9. The zero-order chi connectivity index (χ0) is 32.3. The molecule has 0 bridgehead atoms. The van der Waals surface area contributed by atoms with Gasteiger partial charge in [0.05, 0.1) is 0 Å². The van der Waals surface area contributed by atoms with Crippen molar-refractivity contribution in [2.75, 3.05) is 4.90 Å². The Morgan fingerprint density at radius 2 is 0.959 bits per heavy atom. The van der Waals surface area contributed by atoms with Crippen LogP contribution in [0.3, 0.4) is 0 Å². The van der Waals surface area contributed by atoms with Gasteiger partial charge < -0.3 is 9.32 Å². The molecule has 10 aromatic rings. The zero-order valence-electron chi connectivity index (χ0n) is 26.5. The second kappa shape index (κ2) is 11.2. The molecule has 0 atom stereocenters. The molecule has 0 spiro atoms. The van der Waals surface area contributed by atoms with Crippen LogP contribution >= 0.6 is 11.3 Å². The molecule has 0 unspecified atom stereocenters. The van der Waals surface area contributed by atoms with Crippen LogP contribution in [0.1, 0.15) is 0 Å². The summed E-state index contributed by atoms with van der Waals surface area (Å²) in [6.45, 7) is 0. The predicted molar refractivity (Wildman–Crippen MR) is 210 cm³/mol. The summed E-state index contributed by atoms with van der Waals surface area (Å²) in [6.07, 6.45) is 0. The molecule has 0 aliphatic rings. The summed E-state index contributed by atoms with van der Waals surface area (Å²) in [4.78, 5) is 2.36. The van der Waals surface area contributed by atoms with E-state index < -0.39 is 0 Å². The van der Waals surface area contributed by atoms with Crippen LogP contribution < -0.4 is 4.90 Å². The van der Waals surface area contributed by atoms with E-state index in [-0.39, 0.29) is 0 Å². The molecule has 2 heterocycles. The van der Waals surface area contributed by atoms with Gasteiger partial charge in [-0.25, -0.2) is 0 Å². The smallest absolute Gasteiger partial charge is 0.136 e. The second-order valence-corrected chi connectivity index (χ2v) is 13.6. The Kier molecular flexibility index (Phi) is 6.39. The van der Waals surface area contributed by atoms with Gasteiger partial charge >= 0.3 is 0 Å². The molecule has 8 aromatic carbocycles. The predicted octanol–water partition coefficient (Wildman–Crippen LogP) is 13.9. The molecule has 2 aromatic heterocycles. The van der Waals surface area contributed by atoms with Crippen molar-refractivity contribution in [2.24, 2.45) is 0 Å². The highest BCUT2D eigenvalue weighted by Gasteiger charge is 2.16. The minimum atomic E-state index is 0.907. The Hall–Kier alpha value is -6.16. The van der Waals surface area contributed by atoms with Gasteiger partial charge in [0.15, 0.2) is 0 Å². The number of anilines is 3. The van der Waals surface area contributed by atoms with Crippen LogP contribution in [0.2, 0.25) is 0 Å². The summed E-state index contributed by atoms with van der Waals surface area (Å²) in [5, 5.41) is 7.39. The van der Waals surface area contributed by atoms with Crippen molar-refractivity contribution < 1.29 is 4.42 Å². The van der Waals surface area contributed by atoms with Crippen molar-refractivity contribution >= 4 is 81.3 Å². The first-order valence-electron chi connectivity index (χ1n) is 16.6. The number of nitrogens with zero attached hydrogens (tertiary/aromatic N) is 1. The molecule has 0 amide bonds. The highest BCUT2D eigenvalue weighted by molar-refractivity contribution is 7.25. The van der Waals surface area contributed by atoms with Crippen LogP contribution in [0, 0.1) is 0 Å². The molecule has 230 valence electrons. The summed E-state index contributed by atoms with van der Waals surface area (Å²) in [5.74, 6) is 0. The maximum absolute atomic E-state index is 6.39. The minimum Gasteiger partial charge on any atom is -0.456 e. The van der Waals surface area contributed by atoms with Gasteiger partial charge in [-0.1, -0.05) is 115 Å². The Balaban J connectivity index is 1.06. The number of fused-ring (bicyclic) bond motifs is 8. The van der Waals surface area contributed by atoms with E-state index in [1.165, 1.54) is 47.5 Å². The first-order chi connectivity index (χ1) is 24.3. The standard InChI is InChI=1S/C46H29NOS/c1-2-8-30(9-3-1)31-14-20-35(21-15-31)47(37-24-26-40-39-12-6-7-13-44(39)49-45(40)29-37)36-22-16-32(17-23-36)34-18-25-41-43(28-34)48-42-27-19-33-10-4-5-11-38(33)46(41)42/h1-29H. The lowest BCUT2D eigenvalue weighted by molar-refractivity contribution is 0.669. The molecular weight excluding hydrogens is 615 g/mol. The van der Waals surface area contributed by atoms with Gasteiger partial charge in [-0.3, -0.25) is 0 Å². The summed E-state index contributed by atoms with van der Waals surface area (Å²) in [7, 11) is 0. The van der Waals surface area contributed by atoms with Crippen molar-refractivity contribution in [3.05, 3.63) is 176 Å². The average molecular weight is 644 g/mol. The number of benzene rings is 8. The van der Waals surface area contributed by atoms with Crippen molar-refractivity contribution in [1.29, 1.82) is 0 Å². The fraction of sp³-hybridized carbons (Fsp3) is 0. The fourth-order valence-electron chi connectivity index (χ4n) is 7.26. The zero-order valence-corrected chi connectivity index (χ0v) is 27.3. The molecule has 0 fully saturated rings. The average Bonchev–Trinajstić information content (AvgIpc) is 3.74. The molecule has 0 aliphatic carbocycles. The Morgan fingerprint density at radius 3 is 1.76 bits per heavy atom. The lowest BCUT2D eigenvalue weighted by Crippen LogP contribution is -2.09. The van der Waals surface area contributed by atoms with Crippen LogP contribution in [0.4, 0.5) is 17.1 Å². The van der Waals surface area contributed by atoms with Gasteiger partial charge in [-0.2, -0.15) is 0 Å². The number of hydrogen-bond donors (Lipinski definition) is 0. The monoisotopic (exact) mass is 643 g/mol. The lowest BCUT2D eigenvalue weighted by atomic mass is 10.0. The van der Waals surface area contributed by atoms with E-state index in [1.54, 1.807) is 0 Å². The maximum atomic E-state index is 6.39. The van der Waals surface area contributed by atoms with E-state index in [0.29, 0.717) is 0 Å². The number of thiophene rings is 1. The Labute approximate surface area is 287 Å². The quantitative estimate of drug-likeness (QED) is 0.186. The van der Waals surface area contributed by atoms with E-state index >= 15 is 0 Å². The fourth-order valence-corrected chi connectivity index (χ4v) is 8.40. The van der Waals surface area contributed by atoms with E-state index in [1.807, 2.05) is 11.3 Å². The molecule has 0 radical (unpaired) electrons. The van der Waals surface area contributed by atoms with Gasteiger partial charge in [0.25, 0.3) is 0 Å². The normalized spacial score (nSPS) is 11.7. The van der Waals surface area contributed by atoms with Crippen LogP contribution in [0.15, 0.2) is 180 Å². The van der Waals surface area contributed by atoms with E-state index in [2.05, 4.69) is 181 Å². The van der Waals surface area contributed by atoms with E-state index in [9.17, 15) is 0 Å². The van der Waals surface area contributed by atoms with Crippen LogP contribution in [0.25, 0.3) is 75.1 Å². The molecule has 0 aliphatic heterocycles.